The lowest BCUT2D eigenvalue weighted by atomic mass is 10.1. The number of para-hydroxylation sites is 2. The molecule has 158 valence electrons. The molecular weight excluding hydrogens is 408 g/mol. The second-order valence-electron chi connectivity index (χ2n) is 7.48. The van der Waals surface area contributed by atoms with Crippen molar-refractivity contribution in [1.82, 2.24) is 9.47 Å². The minimum atomic E-state index is -0.527. The quantitative estimate of drug-likeness (QED) is 0.278. The lowest BCUT2D eigenvalue weighted by Gasteiger charge is -2.16. The zero-order valence-electron chi connectivity index (χ0n) is 17.0. The van der Waals surface area contributed by atoms with Gasteiger partial charge in [-0.05, 0) is 36.4 Å². The van der Waals surface area contributed by atoms with E-state index in [0.717, 1.165) is 4.90 Å². The Kier molecular flexibility index (Phi) is 4.78. The fourth-order valence-electron chi connectivity index (χ4n) is 4.11. The molecular formula is C25H18N2O5. The van der Waals surface area contributed by atoms with Crippen molar-refractivity contribution in [2.24, 2.45) is 0 Å². The summed E-state index contributed by atoms with van der Waals surface area (Å²) >= 11 is 0. The molecule has 5 rings (SSSR count). The van der Waals surface area contributed by atoms with Crippen molar-refractivity contribution in [3.63, 3.8) is 0 Å². The van der Waals surface area contributed by atoms with Crippen molar-refractivity contribution < 1.29 is 19.1 Å². The smallest absolute Gasteiger partial charge is 0.326 e. The van der Waals surface area contributed by atoms with E-state index >= 15 is 0 Å². The molecule has 0 fully saturated rings. The van der Waals surface area contributed by atoms with E-state index in [1.807, 2.05) is 0 Å². The molecule has 0 spiro atoms. The summed E-state index contributed by atoms with van der Waals surface area (Å²) < 4.78 is 7.09. The lowest BCUT2D eigenvalue weighted by Crippen LogP contribution is -2.33. The number of esters is 1. The number of aromatic nitrogens is 1. The van der Waals surface area contributed by atoms with Gasteiger partial charge in [-0.25, -0.2) is 0 Å². The van der Waals surface area contributed by atoms with Gasteiger partial charge in [0.15, 0.2) is 5.43 Å². The van der Waals surface area contributed by atoms with E-state index in [-0.39, 0.29) is 36.9 Å². The number of fused-ring (bicyclic) bond motifs is 3. The highest BCUT2D eigenvalue weighted by Gasteiger charge is 2.34. The van der Waals surface area contributed by atoms with Crippen LogP contribution in [0.4, 0.5) is 0 Å². The summed E-state index contributed by atoms with van der Waals surface area (Å²) in [5.41, 5.74) is 1.89. The van der Waals surface area contributed by atoms with Crippen molar-refractivity contribution >= 4 is 39.6 Å². The summed E-state index contributed by atoms with van der Waals surface area (Å²) in [6, 6.07) is 20.8. The van der Waals surface area contributed by atoms with Crippen LogP contribution >= 0.6 is 0 Å². The third-order valence-corrected chi connectivity index (χ3v) is 5.62. The number of ether oxygens (including phenoxy) is 1. The van der Waals surface area contributed by atoms with Crippen LogP contribution < -0.4 is 5.43 Å². The fourth-order valence-corrected chi connectivity index (χ4v) is 4.11. The zero-order chi connectivity index (χ0) is 22.2. The number of carbonyl (C=O) groups is 3. The number of hydrogen-bond acceptors (Lipinski definition) is 5. The topological polar surface area (TPSA) is 85.7 Å². The summed E-state index contributed by atoms with van der Waals surface area (Å²) in [4.78, 5) is 51.4. The lowest BCUT2D eigenvalue weighted by molar-refractivity contribution is -0.144. The predicted octanol–water partition coefficient (Wildman–Crippen LogP) is 2.99. The van der Waals surface area contributed by atoms with Gasteiger partial charge in [-0.1, -0.05) is 36.4 Å². The number of hydrogen-bond donors (Lipinski definition) is 0. The maximum Gasteiger partial charge on any atom is 0.326 e. The van der Waals surface area contributed by atoms with Gasteiger partial charge in [0.2, 0.25) is 0 Å². The Bertz CT molecular complexity index is 1380. The molecule has 1 aromatic heterocycles. The number of pyridine rings is 1. The van der Waals surface area contributed by atoms with Gasteiger partial charge in [0.25, 0.3) is 11.8 Å². The molecule has 0 saturated heterocycles. The molecule has 0 radical (unpaired) electrons. The molecule has 0 bridgehead atoms. The largest absolute Gasteiger partial charge is 0.462 e. The minimum Gasteiger partial charge on any atom is -0.462 e. The van der Waals surface area contributed by atoms with E-state index in [2.05, 4.69) is 0 Å². The minimum absolute atomic E-state index is 0.0241. The second-order valence-corrected chi connectivity index (χ2v) is 7.48. The summed E-state index contributed by atoms with van der Waals surface area (Å²) in [7, 11) is 0. The predicted molar refractivity (Wildman–Crippen MR) is 118 cm³/mol. The number of carbonyl (C=O) groups excluding carboxylic acids is 3. The van der Waals surface area contributed by atoms with Crippen LogP contribution in [0.15, 0.2) is 77.6 Å². The SMILES string of the molecule is O=C(Cn1c2ccccc2c(=O)c2ccccc21)OCCN1C(=O)c2ccccc2C1=O. The third kappa shape index (κ3) is 3.15. The molecule has 32 heavy (non-hydrogen) atoms. The van der Waals surface area contributed by atoms with E-state index in [4.69, 9.17) is 4.74 Å². The number of imide groups is 1. The summed E-state index contributed by atoms with van der Waals surface area (Å²) in [5, 5.41) is 1.04. The molecule has 0 N–H and O–H groups in total. The first-order valence-electron chi connectivity index (χ1n) is 10.2. The molecule has 1 aliphatic rings. The molecule has 0 aliphatic carbocycles. The molecule has 7 nitrogen and oxygen atoms in total. The Morgan fingerprint density at radius 1 is 0.719 bits per heavy atom. The Balaban J connectivity index is 1.34. The van der Waals surface area contributed by atoms with Crippen LogP contribution in [0.3, 0.4) is 0 Å². The maximum absolute atomic E-state index is 12.8. The van der Waals surface area contributed by atoms with E-state index in [0.29, 0.717) is 32.9 Å². The van der Waals surface area contributed by atoms with Gasteiger partial charge >= 0.3 is 5.97 Å². The number of amides is 2. The molecule has 3 aromatic carbocycles. The maximum atomic E-state index is 12.8. The van der Waals surface area contributed by atoms with E-state index in [9.17, 15) is 19.2 Å². The monoisotopic (exact) mass is 426 g/mol. The van der Waals surface area contributed by atoms with Crippen LogP contribution in [0, 0.1) is 0 Å². The average molecular weight is 426 g/mol. The van der Waals surface area contributed by atoms with Gasteiger partial charge in [0.1, 0.15) is 13.2 Å². The molecule has 2 heterocycles. The number of benzene rings is 3. The highest BCUT2D eigenvalue weighted by Crippen LogP contribution is 2.22. The van der Waals surface area contributed by atoms with Gasteiger partial charge in [0, 0.05) is 10.8 Å². The van der Waals surface area contributed by atoms with E-state index in [1.54, 1.807) is 77.4 Å². The second kappa shape index (κ2) is 7.77. The normalized spacial score (nSPS) is 13.1. The first-order valence-corrected chi connectivity index (χ1v) is 10.2. The van der Waals surface area contributed by atoms with Crippen LogP contribution in [-0.2, 0) is 16.1 Å². The highest BCUT2D eigenvalue weighted by atomic mass is 16.5. The van der Waals surface area contributed by atoms with Gasteiger partial charge in [-0.3, -0.25) is 24.1 Å². The highest BCUT2D eigenvalue weighted by molar-refractivity contribution is 6.21. The van der Waals surface area contributed by atoms with Crippen LogP contribution in [0.2, 0.25) is 0 Å². The number of rotatable bonds is 5. The van der Waals surface area contributed by atoms with Crippen LogP contribution in [-0.4, -0.2) is 40.4 Å². The van der Waals surface area contributed by atoms with Crippen molar-refractivity contribution in [2.75, 3.05) is 13.2 Å². The summed E-state index contributed by atoms with van der Waals surface area (Å²) in [6.07, 6.45) is 0. The molecule has 4 aromatic rings. The zero-order valence-corrected chi connectivity index (χ0v) is 17.0. The Morgan fingerprint density at radius 3 is 1.78 bits per heavy atom. The van der Waals surface area contributed by atoms with Crippen LogP contribution in [0.25, 0.3) is 21.8 Å². The molecule has 0 atom stereocenters. The third-order valence-electron chi connectivity index (χ3n) is 5.62. The Hall–Kier alpha value is -4.26. The van der Waals surface area contributed by atoms with Crippen molar-refractivity contribution in [1.29, 1.82) is 0 Å². The molecule has 0 saturated carbocycles. The van der Waals surface area contributed by atoms with Gasteiger partial charge in [-0.15, -0.1) is 0 Å². The van der Waals surface area contributed by atoms with E-state index in [1.165, 1.54) is 0 Å². The first kappa shape index (κ1) is 19.7. The Labute approximate surface area is 182 Å². The van der Waals surface area contributed by atoms with Gasteiger partial charge < -0.3 is 9.30 Å². The molecule has 0 unspecified atom stereocenters. The van der Waals surface area contributed by atoms with E-state index < -0.39 is 5.97 Å². The first-order chi connectivity index (χ1) is 15.6. The fraction of sp³-hybridized carbons (Fsp3) is 0.120. The van der Waals surface area contributed by atoms with Crippen LogP contribution in [0.5, 0.6) is 0 Å². The molecule has 1 aliphatic heterocycles. The van der Waals surface area contributed by atoms with Gasteiger partial charge in [-0.2, -0.15) is 0 Å². The van der Waals surface area contributed by atoms with Crippen molar-refractivity contribution in [3.8, 4) is 0 Å². The van der Waals surface area contributed by atoms with Crippen LogP contribution in [0.1, 0.15) is 20.7 Å². The Morgan fingerprint density at radius 2 is 1.22 bits per heavy atom. The molecule has 2 amide bonds. The molecule has 7 heteroatoms. The summed E-state index contributed by atoms with van der Waals surface area (Å²) in [5.74, 6) is -1.31. The average Bonchev–Trinajstić information content (AvgIpc) is 3.07. The van der Waals surface area contributed by atoms with Gasteiger partial charge in [0.05, 0.1) is 28.7 Å². The standard InChI is InChI=1S/C25H18N2O5/c28-22(32-14-13-26-24(30)16-7-1-2-8-17(16)25(26)31)15-27-20-11-5-3-9-18(20)23(29)19-10-4-6-12-21(19)27/h1-12H,13-15H2. The summed E-state index contributed by atoms with van der Waals surface area (Å²) in [6.45, 7) is -0.243. The number of nitrogens with zero attached hydrogens (tertiary/aromatic N) is 2. The van der Waals surface area contributed by atoms with Crippen molar-refractivity contribution in [3.05, 3.63) is 94.1 Å². The van der Waals surface area contributed by atoms with Crippen molar-refractivity contribution in [2.45, 2.75) is 6.54 Å².